The van der Waals surface area contributed by atoms with Gasteiger partial charge >= 0.3 is 0 Å². The van der Waals surface area contributed by atoms with Crippen LogP contribution < -0.4 is 5.32 Å². The lowest BCUT2D eigenvalue weighted by Crippen LogP contribution is -2.25. The van der Waals surface area contributed by atoms with Gasteiger partial charge in [-0.15, -0.1) is 0 Å². The Hall–Kier alpha value is -2.75. The lowest BCUT2D eigenvalue weighted by molar-refractivity contribution is -0.115. The maximum atomic E-state index is 11.8. The lowest BCUT2D eigenvalue weighted by atomic mass is 10.2. The summed E-state index contributed by atoms with van der Waals surface area (Å²) in [5, 5.41) is 2.72. The van der Waals surface area contributed by atoms with Crippen molar-refractivity contribution >= 4 is 17.8 Å². The summed E-state index contributed by atoms with van der Waals surface area (Å²) in [5.41, 5.74) is 2.00. The van der Waals surface area contributed by atoms with Gasteiger partial charge in [-0.05, 0) is 23.8 Å². The quantitative estimate of drug-likeness (QED) is 0.828. The minimum absolute atomic E-state index is 0.204. The molecule has 0 unspecified atom stereocenters. The molecule has 0 saturated carbocycles. The van der Waals surface area contributed by atoms with Gasteiger partial charge in [0.2, 0.25) is 0 Å². The fourth-order valence-electron chi connectivity index (χ4n) is 1.80. The zero-order chi connectivity index (χ0) is 13.1. The number of aromatic nitrogens is 1. The Kier molecular flexibility index (Phi) is 2.90. The summed E-state index contributed by atoms with van der Waals surface area (Å²) in [7, 11) is 0. The molecule has 3 rings (SSSR count). The van der Waals surface area contributed by atoms with Crippen LogP contribution in [0.25, 0.3) is 6.08 Å². The molecule has 19 heavy (non-hydrogen) atoms. The molecule has 0 spiro atoms. The molecule has 1 aromatic heterocycles. The minimum Gasteiger partial charge on any atom is -0.303 e. The Bertz CT molecular complexity index is 660. The summed E-state index contributed by atoms with van der Waals surface area (Å²) >= 11 is 0. The molecule has 2 heterocycles. The number of amidine groups is 1. The van der Waals surface area contributed by atoms with Crippen LogP contribution >= 0.6 is 0 Å². The van der Waals surface area contributed by atoms with Gasteiger partial charge in [-0.1, -0.05) is 36.4 Å². The average molecular weight is 249 g/mol. The Morgan fingerprint density at radius 3 is 2.53 bits per heavy atom. The number of carbonyl (C=O) groups is 1. The first-order chi connectivity index (χ1) is 9.33. The molecule has 0 fully saturated rings. The average Bonchev–Trinajstić information content (AvgIpc) is 2.82. The van der Waals surface area contributed by atoms with E-state index >= 15 is 0 Å². The Morgan fingerprint density at radius 2 is 1.79 bits per heavy atom. The summed E-state index contributed by atoms with van der Waals surface area (Å²) in [4.78, 5) is 20.3. The Morgan fingerprint density at radius 1 is 1.00 bits per heavy atom. The minimum atomic E-state index is -0.204. The van der Waals surface area contributed by atoms with Crippen LogP contribution in [0.15, 0.2) is 65.4 Å². The second kappa shape index (κ2) is 4.86. The molecule has 4 heteroatoms. The molecule has 1 amide bonds. The van der Waals surface area contributed by atoms with Gasteiger partial charge in [0.15, 0.2) is 5.84 Å². The number of hydrogen-bond acceptors (Lipinski definition) is 3. The number of rotatable bonds is 2. The number of nitrogens with one attached hydrogen (secondary N) is 1. The predicted octanol–water partition coefficient (Wildman–Crippen LogP) is 2.00. The summed E-state index contributed by atoms with van der Waals surface area (Å²) in [6.07, 6.45) is 3.42. The normalized spacial score (nSPS) is 16.3. The highest BCUT2D eigenvalue weighted by Gasteiger charge is 2.21. The first kappa shape index (κ1) is 11.3. The molecule has 0 saturated heterocycles. The smallest absolute Gasteiger partial charge is 0.275 e. The molecule has 0 aliphatic carbocycles. The number of carbonyl (C=O) groups excluding carboxylic acids is 1. The SMILES string of the molecule is O=C1NC(c2ccccn2)=N/C1=C/c1ccccc1. The first-order valence-corrected chi connectivity index (χ1v) is 5.91. The Labute approximate surface area is 110 Å². The molecule has 2 aromatic rings. The van der Waals surface area contributed by atoms with Gasteiger partial charge in [-0.3, -0.25) is 9.78 Å². The van der Waals surface area contributed by atoms with Crippen molar-refractivity contribution in [3.8, 4) is 0 Å². The van der Waals surface area contributed by atoms with E-state index in [9.17, 15) is 4.79 Å². The summed E-state index contributed by atoms with van der Waals surface area (Å²) in [5.74, 6) is 0.289. The number of aliphatic imine (C=N–C) groups is 1. The fraction of sp³-hybridized carbons (Fsp3) is 0. The van der Waals surface area contributed by atoms with E-state index in [4.69, 9.17) is 0 Å². The molecular weight excluding hydrogens is 238 g/mol. The molecule has 0 bridgehead atoms. The third kappa shape index (κ3) is 2.42. The van der Waals surface area contributed by atoms with Gasteiger partial charge in [-0.2, -0.15) is 0 Å². The summed E-state index contributed by atoms with van der Waals surface area (Å²) in [6, 6.07) is 15.1. The maximum Gasteiger partial charge on any atom is 0.275 e. The third-order valence-corrected chi connectivity index (χ3v) is 2.71. The maximum absolute atomic E-state index is 11.8. The van der Waals surface area contributed by atoms with Crippen LogP contribution in [0, 0.1) is 0 Å². The monoisotopic (exact) mass is 249 g/mol. The van der Waals surface area contributed by atoms with Crippen molar-refractivity contribution in [1.29, 1.82) is 0 Å². The van der Waals surface area contributed by atoms with Gasteiger partial charge in [-0.25, -0.2) is 4.99 Å². The number of pyridine rings is 1. The van der Waals surface area contributed by atoms with Crippen LogP contribution in [0.3, 0.4) is 0 Å². The molecule has 0 atom stereocenters. The second-order valence-corrected chi connectivity index (χ2v) is 4.07. The van der Waals surface area contributed by atoms with Crippen molar-refractivity contribution in [2.75, 3.05) is 0 Å². The number of benzene rings is 1. The fourth-order valence-corrected chi connectivity index (χ4v) is 1.80. The van der Waals surface area contributed by atoms with Crippen molar-refractivity contribution in [1.82, 2.24) is 10.3 Å². The molecular formula is C15H11N3O. The second-order valence-electron chi connectivity index (χ2n) is 4.07. The van der Waals surface area contributed by atoms with Crippen LogP contribution in [0.1, 0.15) is 11.3 Å². The van der Waals surface area contributed by atoms with Crippen LogP contribution in [0.4, 0.5) is 0 Å². The van der Waals surface area contributed by atoms with Crippen LogP contribution in [-0.4, -0.2) is 16.7 Å². The van der Waals surface area contributed by atoms with Crippen molar-refractivity contribution in [2.24, 2.45) is 4.99 Å². The summed E-state index contributed by atoms with van der Waals surface area (Å²) < 4.78 is 0. The van der Waals surface area contributed by atoms with E-state index in [-0.39, 0.29) is 5.91 Å². The van der Waals surface area contributed by atoms with E-state index in [1.54, 1.807) is 12.3 Å². The van der Waals surface area contributed by atoms with Crippen molar-refractivity contribution in [3.63, 3.8) is 0 Å². The third-order valence-electron chi connectivity index (χ3n) is 2.71. The van der Waals surface area contributed by atoms with E-state index in [1.807, 2.05) is 48.5 Å². The van der Waals surface area contributed by atoms with Gasteiger partial charge in [0.05, 0.1) is 0 Å². The van der Waals surface area contributed by atoms with Crippen molar-refractivity contribution in [2.45, 2.75) is 0 Å². The molecule has 1 aliphatic rings. The highest BCUT2D eigenvalue weighted by Crippen LogP contribution is 2.13. The summed E-state index contributed by atoms with van der Waals surface area (Å²) in [6.45, 7) is 0. The van der Waals surface area contributed by atoms with Crippen LogP contribution in [0.2, 0.25) is 0 Å². The van der Waals surface area contributed by atoms with E-state index in [2.05, 4.69) is 15.3 Å². The lowest BCUT2D eigenvalue weighted by Gasteiger charge is -1.97. The molecule has 1 aromatic carbocycles. The first-order valence-electron chi connectivity index (χ1n) is 5.91. The highest BCUT2D eigenvalue weighted by molar-refractivity contribution is 6.19. The van der Waals surface area contributed by atoms with E-state index < -0.39 is 0 Å². The van der Waals surface area contributed by atoms with Gasteiger partial charge in [0, 0.05) is 6.20 Å². The highest BCUT2D eigenvalue weighted by atomic mass is 16.2. The van der Waals surface area contributed by atoms with Gasteiger partial charge in [0.1, 0.15) is 11.4 Å². The molecule has 0 radical (unpaired) electrons. The van der Waals surface area contributed by atoms with Crippen molar-refractivity contribution < 1.29 is 4.79 Å². The van der Waals surface area contributed by atoms with Crippen molar-refractivity contribution in [3.05, 3.63) is 71.7 Å². The largest absolute Gasteiger partial charge is 0.303 e. The molecule has 1 aliphatic heterocycles. The zero-order valence-electron chi connectivity index (χ0n) is 10.1. The topological polar surface area (TPSA) is 54.4 Å². The number of hydrogen-bond donors (Lipinski definition) is 1. The molecule has 4 nitrogen and oxygen atoms in total. The van der Waals surface area contributed by atoms with E-state index in [0.717, 1.165) is 5.56 Å². The standard InChI is InChI=1S/C15H11N3O/c19-15-13(10-11-6-2-1-3-7-11)17-14(18-15)12-8-4-5-9-16-12/h1-10H,(H,17,18,19)/b13-10+. The van der Waals surface area contributed by atoms with Crippen LogP contribution in [-0.2, 0) is 4.79 Å². The molecule has 92 valence electrons. The number of nitrogens with zero attached hydrogens (tertiary/aromatic N) is 2. The van der Waals surface area contributed by atoms with Crippen LogP contribution in [0.5, 0.6) is 0 Å². The number of amides is 1. The molecule has 1 N–H and O–H groups in total. The van der Waals surface area contributed by atoms with E-state index in [1.165, 1.54) is 0 Å². The van der Waals surface area contributed by atoms with Gasteiger partial charge < -0.3 is 5.32 Å². The van der Waals surface area contributed by atoms with Gasteiger partial charge in [0.25, 0.3) is 5.91 Å². The zero-order valence-corrected chi connectivity index (χ0v) is 10.1. The van der Waals surface area contributed by atoms with E-state index in [0.29, 0.717) is 17.2 Å². The predicted molar refractivity (Wildman–Crippen MR) is 73.3 cm³/mol. The Balaban J connectivity index is 1.94.